The van der Waals surface area contributed by atoms with Crippen molar-refractivity contribution in [2.45, 2.75) is 48.2 Å². The van der Waals surface area contributed by atoms with Crippen LogP contribution < -0.4 is 0 Å². The Morgan fingerprint density at radius 2 is 1.79 bits per heavy atom. The monoisotopic (exact) mass is 442 g/mol. The molecule has 1 fully saturated rings. The molecule has 2 aromatic rings. The molecular formula is C21H21ClF2O4S. The summed E-state index contributed by atoms with van der Waals surface area (Å²) in [6, 6.07) is 8.80. The third kappa shape index (κ3) is 4.95. The van der Waals surface area contributed by atoms with Crippen LogP contribution in [0, 0.1) is 17.6 Å². The molecule has 2 aromatic carbocycles. The van der Waals surface area contributed by atoms with Crippen LogP contribution in [0.3, 0.4) is 0 Å². The molecule has 0 spiro atoms. The molecule has 0 radical (unpaired) electrons. The predicted molar refractivity (Wildman–Crippen MR) is 106 cm³/mol. The Labute approximate surface area is 173 Å². The van der Waals surface area contributed by atoms with Gasteiger partial charge in [-0.1, -0.05) is 11.6 Å². The highest BCUT2D eigenvalue weighted by Gasteiger charge is 2.41. The van der Waals surface area contributed by atoms with Crippen LogP contribution in [-0.2, 0) is 14.6 Å². The van der Waals surface area contributed by atoms with Crippen LogP contribution in [0.1, 0.15) is 43.6 Å². The molecule has 0 bridgehead atoms. The molecule has 0 saturated heterocycles. The van der Waals surface area contributed by atoms with Crippen LogP contribution in [0.2, 0.25) is 5.02 Å². The van der Waals surface area contributed by atoms with E-state index in [4.69, 9.17) is 16.7 Å². The lowest BCUT2D eigenvalue weighted by Gasteiger charge is -2.36. The molecule has 3 atom stereocenters. The van der Waals surface area contributed by atoms with Crippen molar-refractivity contribution >= 4 is 27.4 Å². The molecule has 156 valence electrons. The van der Waals surface area contributed by atoms with Gasteiger partial charge in [0.1, 0.15) is 11.6 Å². The second kappa shape index (κ2) is 8.79. The summed E-state index contributed by atoms with van der Waals surface area (Å²) in [6.45, 7) is 0. The van der Waals surface area contributed by atoms with E-state index in [-0.39, 0.29) is 29.2 Å². The predicted octanol–water partition coefficient (Wildman–Crippen LogP) is 5.21. The van der Waals surface area contributed by atoms with E-state index in [0.29, 0.717) is 24.3 Å². The second-order valence-corrected chi connectivity index (χ2v) is 10.0. The van der Waals surface area contributed by atoms with Crippen molar-refractivity contribution in [2.24, 2.45) is 5.92 Å². The molecule has 1 unspecified atom stereocenters. The van der Waals surface area contributed by atoms with Crippen LogP contribution in [0.25, 0.3) is 0 Å². The molecule has 0 aliphatic heterocycles. The van der Waals surface area contributed by atoms with E-state index in [9.17, 15) is 22.0 Å². The van der Waals surface area contributed by atoms with Crippen LogP contribution in [0.15, 0.2) is 47.4 Å². The number of benzene rings is 2. The smallest absolute Gasteiger partial charge is 0.303 e. The number of sulfone groups is 1. The number of rotatable bonds is 6. The van der Waals surface area contributed by atoms with E-state index in [1.54, 1.807) is 0 Å². The summed E-state index contributed by atoms with van der Waals surface area (Å²) in [4.78, 5) is 11.0. The van der Waals surface area contributed by atoms with Crippen molar-refractivity contribution < 1.29 is 27.1 Å². The summed E-state index contributed by atoms with van der Waals surface area (Å²) in [7, 11) is -3.87. The number of hydrogen-bond donors (Lipinski definition) is 1. The molecule has 29 heavy (non-hydrogen) atoms. The van der Waals surface area contributed by atoms with Crippen LogP contribution >= 0.6 is 11.6 Å². The Bertz CT molecular complexity index is 992. The fraction of sp³-hybridized carbons (Fsp3) is 0.381. The zero-order chi connectivity index (χ0) is 21.2. The lowest BCUT2D eigenvalue weighted by molar-refractivity contribution is -0.137. The summed E-state index contributed by atoms with van der Waals surface area (Å²) < 4.78 is 55.0. The Hall–Kier alpha value is -1.99. The van der Waals surface area contributed by atoms with Crippen molar-refractivity contribution in [1.29, 1.82) is 0 Å². The van der Waals surface area contributed by atoms with Crippen LogP contribution in [0.4, 0.5) is 8.78 Å². The van der Waals surface area contributed by atoms with Gasteiger partial charge in [-0.05, 0) is 79.6 Å². The van der Waals surface area contributed by atoms with Gasteiger partial charge in [-0.2, -0.15) is 0 Å². The first-order valence-corrected chi connectivity index (χ1v) is 11.3. The van der Waals surface area contributed by atoms with Crippen molar-refractivity contribution in [3.8, 4) is 0 Å². The number of carbonyl (C=O) groups is 1. The molecule has 1 N–H and O–H groups in total. The van der Waals surface area contributed by atoms with Gasteiger partial charge in [0.15, 0.2) is 9.84 Å². The topological polar surface area (TPSA) is 71.4 Å². The standard InChI is InChI=1S/C21H21ClF2O4S/c22-14-3-6-16(7-4-14)29(27,28)20-11-13(2-10-21(25)26)1-8-17(20)18-12-15(23)5-9-19(18)24/h3-7,9,12-13,17,20H,1-2,8,10-11H2,(H,25,26)/t13-,17?,20+/m0/s1. The lowest BCUT2D eigenvalue weighted by Crippen LogP contribution is -2.35. The van der Waals surface area contributed by atoms with E-state index in [0.717, 1.165) is 18.2 Å². The highest BCUT2D eigenvalue weighted by molar-refractivity contribution is 7.92. The Morgan fingerprint density at radius 1 is 1.10 bits per heavy atom. The molecule has 1 aliphatic rings. The number of carboxylic acid groups (broad SMARTS) is 1. The average Bonchev–Trinajstić information content (AvgIpc) is 2.68. The van der Waals surface area contributed by atoms with E-state index >= 15 is 0 Å². The maximum absolute atomic E-state index is 14.5. The summed E-state index contributed by atoms with van der Waals surface area (Å²) in [5.41, 5.74) is 0.0456. The van der Waals surface area contributed by atoms with Gasteiger partial charge in [-0.3, -0.25) is 4.79 Å². The third-order valence-electron chi connectivity index (χ3n) is 5.57. The Morgan fingerprint density at radius 3 is 2.45 bits per heavy atom. The van der Waals surface area contributed by atoms with E-state index in [1.807, 2.05) is 0 Å². The minimum Gasteiger partial charge on any atom is -0.481 e. The van der Waals surface area contributed by atoms with Crippen molar-refractivity contribution in [3.05, 3.63) is 64.7 Å². The molecular weight excluding hydrogens is 422 g/mol. The van der Waals surface area contributed by atoms with Gasteiger partial charge in [0, 0.05) is 17.4 Å². The zero-order valence-corrected chi connectivity index (χ0v) is 17.1. The van der Waals surface area contributed by atoms with E-state index < -0.39 is 38.6 Å². The third-order valence-corrected chi connectivity index (χ3v) is 8.06. The molecule has 0 amide bonds. The number of aliphatic carboxylic acids is 1. The van der Waals surface area contributed by atoms with Gasteiger partial charge in [-0.15, -0.1) is 0 Å². The molecule has 1 saturated carbocycles. The average molecular weight is 443 g/mol. The molecule has 4 nitrogen and oxygen atoms in total. The van der Waals surface area contributed by atoms with Gasteiger partial charge < -0.3 is 5.11 Å². The molecule has 3 rings (SSSR count). The quantitative estimate of drug-likeness (QED) is 0.666. The first-order chi connectivity index (χ1) is 13.7. The van der Waals surface area contributed by atoms with Gasteiger partial charge >= 0.3 is 5.97 Å². The zero-order valence-electron chi connectivity index (χ0n) is 15.5. The summed E-state index contributed by atoms with van der Waals surface area (Å²) >= 11 is 5.86. The minimum atomic E-state index is -3.87. The van der Waals surface area contributed by atoms with Crippen LogP contribution in [0.5, 0.6) is 0 Å². The molecule has 1 aliphatic carbocycles. The SMILES string of the molecule is O=C(O)CC[C@@H]1CCC(c2cc(F)ccc2F)[C@H](S(=O)(=O)c2ccc(Cl)cc2)C1. The first kappa shape index (κ1) is 21.7. The first-order valence-electron chi connectivity index (χ1n) is 9.34. The fourth-order valence-electron chi connectivity index (χ4n) is 4.10. The van der Waals surface area contributed by atoms with E-state index in [2.05, 4.69) is 0 Å². The van der Waals surface area contributed by atoms with Crippen molar-refractivity contribution in [2.75, 3.05) is 0 Å². The summed E-state index contributed by atoms with van der Waals surface area (Å²) in [5, 5.41) is 8.36. The van der Waals surface area contributed by atoms with Crippen molar-refractivity contribution in [1.82, 2.24) is 0 Å². The summed E-state index contributed by atoms with van der Waals surface area (Å²) in [6.07, 6.45) is 1.37. The number of carboxylic acids is 1. The maximum atomic E-state index is 14.5. The Kier molecular flexibility index (Phi) is 6.58. The highest BCUT2D eigenvalue weighted by atomic mass is 35.5. The second-order valence-electron chi connectivity index (χ2n) is 7.42. The molecule has 0 aromatic heterocycles. The van der Waals surface area contributed by atoms with E-state index in [1.165, 1.54) is 24.3 Å². The lowest BCUT2D eigenvalue weighted by atomic mass is 9.76. The fourth-order valence-corrected chi connectivity index (χ4v) is 6.33. The van der Waals surface area contributed by atoms with Gasteiger partial charge in [0.25, 0.3) is 0 Å². The molecule has 8 heteroatoms. The minimum absolute atomic E-state index is 0.0456. The largest absolute Gasteiger partial charge is 0.481 e. The maximum Gasteiger partial charge on any atom is 0.303 e. The van der Waals surface area contributed by atoms with Crippen LogP contribution in [-0.4, -0.2) is 24.7 Å². The normalized spacial score (nSPS) is 22.4. The number of hydrogen-bond acceptors (Lipinski definition) is 3. The van der Waals surface area contributed by atoms with Crippen molar-refractivity contribution in [3.63, 3.8) is 0 Å². The molecule has 0 heterocycles. The Balaban J connectivity index is 2.00. The summed E-state index contributed by atoms with van der Waals surface area (Å²) in [5.74, 6) is -3.05. The van der Waals surface area contributed by atoms with Gasteiger partial charge in [-0.25, -0.2) is 17.2 Å². The van der Waals surface area contributed by atoms with Gasteiger partial charge in [0.05, 0.1) is 10.1 Å². The number of halogens is 3. The van der Waals surface area contributed by atoms with Gasteiger partial charge in [0.2, 0.25) is 0 Å². The highest BCUT2D eigenvalue weighted by Crippen LogP contribution is 2.44.